The first-order valence-corrected chi connectivity index (χ1v) is 9.19. The van der Waals surface area contributed by atoms with Crippen LogP contribution in [0.4, 0.5) is 5.69 Å². The largest absolute Gasteiger partial charge is 0.321 e. The summed E-state index contributed by atoms with van der Waals surface area (Å²) in [7, 11) is -3.36. The highest BCUT2D eigenvalue weighted by atomic mass is 127. The molecule has 2 aromatic rings. The van der Waals surface area contributed by atoms with Crippen LogP contribution in [0.25, 0.3) is 0 Å². The van der Waals surface area contributed by atoms with Gasteiger partial charge in [-0.15, -0.1) is 0 Å². The summed E-state index contributed by atoms with van der Waals surface area (Å²) in [6.45, 7) is 0. The lowest BCUT2D eigenvalue weighted by atomic mass is 10.2. The summed E-state index contributed by atoms with van der Waals surface area (Å²) >= 11 is 8.11. The van der Waals surface area contributed by atoms with Crippen molar-refractivity contribution < 1.29 is 13.2 Å². The van der Waals surface area contributed by atoms with E-state index in [0.29, 0.717) is 5.56 Å². The van der Waals surface area contributed by atoms with E-state index in [1.54, 1.807) is 18.2 Å². The van der Waals surface area contributed by atoms with Crippen molar-refractivity contribution in [1.82, 2.24) is 0 Å². The maximum atomic E-state index is 12.2. The molecule has 0 aliphatic carbocycles. The van der Waals surface area contributed by atoms with E-state index in [9.17, 15) is 13.2 Å². The number of anilines is 1. The first-order chi connectivity index (χ1) is 9.77. The zero-order chi connectivity index (χ0) is 15.6. The van der Waals surface area contributed by atoms with Crippen molar-refractivity contribution in [2.24, 2.45) is 0 Å². The van der Waals surface area contributed by atoms with Crippen LogP contribution in [0.3, 0.4) is 0 Å². The average Bonchev–Trinajstić information content (AvgIpc) is 2.40. The summed E-state index contributed by atoms with van der Waals surface area (Å²) in [5.41, 5.74) is 0.742. The number of carbonyl (C=O) groups is 1. The Balaban J connectivity index is 2.33. The third-order valence-corrected chi connectivity index (χ3v) is 4.81. The van der Waals surface area contributed by atoms with Crippen LogP contribution in [0.2, 0.25) is 5.02 Å². The maximum absolute atomic E-state index is 12.2. The summed E-state index contributed by atoms with van der Waals surface area (Å²) in [5, 5.41) is 2.91. The van der Waals surface area contributed by atoms with Gasteiger partial charge in [0.2, 0.25) is 0 Å². The first-order valence-electron chi connectivity index (χ1n) is 5.84. The van der Waals surface area contributed by atoms with Crippen molar-refractivity contribution >= 4 is 55.6 Å². The number of benzene rings is 2. The second kappa shape index (κ2) is 6.33. The molecular formula is C14H11ClINO3S. The molecule has 0 saturated heterocycles. The van der Waals surface area contributed by atoms with Crippen molar-refractivity contribution in [1.29, 1.82) is 0 Å². The normalized spacial score (nSPS) is 11.2. The fraction of sp³-hybridized carbons (Fsp3) is 0.0714. The van der Waals surface area contributed by atoms with Gasteiger partial charge in [0.1, 0.15) is 0 Å². The Bertz CT molecular complexity index is 806. The minimum atomic E-state index is -3.36. The molecule has 0 radical (unpaired) electrons. The molecule has 0 heterocycles. The van der Waals surface area contributed by atoms with Crippen molar-refractivity contribution in [3.8, 4) is 0 Å². The Morgan fingerprint density at radius 3 is 2.52 bits per heavy atom. The number of carbonyl (C=O) groups excluding carboxylic acids is 1. The zero-order valence-corrected chi connectivity index (χ0v) is 14.7. The minimum Gasteiger partial charge on any atom is -0.321 e. The molecule has 21 heavy (non-hydrogen) atoms. The van der Waals surface area contributed by atoms with Crippen molar-refractivity contribution in [2.45, 2.75) is 4.90 Å². The van der Waals surface area contributed by atoms with Gasteiger partial charge in [0.15, 0.2) is 9.84 Å². The molecular weight excluding hydrogens is 425 g/mol. The van der Waals surface area contributed by atoms with Gasteiger partial charge >= 0.3 is 0 Å². The molecule has 0 saturated carbocycles. The smallest absolute Gasteiger partial charge is 0.255 e. The Kier molecular flexibility index (Phi) is 4.90. The van der Waals surface area contributed by atoms with Crippen LogP contribution in [0.1, 0.15) is 10.4 Å². The molecule has 2 aromatic carbocycles. The molecule has 1 amide bonds. The minimum absolute atomic E-state index is 0.102. The van der Waals surface area contributed by atoms with Gasteiger partial charge in [-0.05, 0) is 59.0 Å². The van der Waals surface area contributed by atoms with Gasteiger partial charge in [-0.25, -0.2) is 8.42 Å². The van der Waals surface area contributed by atoms with Crippen molar-refractivity contribution in [3.05, 3.63) is 56.6 Å². The predicted octanol–water partition coefficient (Wildman–Crippen LogP) is 3.60. The molecule has 0 fully saturated rings. The van der Waals surface area contributed by atoms with E-state index >= 15 is 0 Å². The molecule has 0 aromatic heterocycles. The lowest BCUT2D eigenvalue weighted by Crippen LogP contribution is -2.13. The molecule has 7 heteroatoms. The van der Waals surface area contributed by atoms with Gasteiger partial charge in [-0.3, -0.25) is 4.79 Å². The zero-order valence-electron chi connectivity index (χ0n) is 10.9. The van der Waals surface area contributed by atoms with Gasteiger partial charge in [0.25, 0.3) is 5.91 Å². The lowest BCUT2D eigenvalue weighted by molar-refractivity contribution is 0.102. The van der Waals surface area contributed by atoms with E-state index in [1.807, 2.05) is 6.07 Å². The Morgan fingerprint density at radius 1 is 1.19 bits per heavy atom. The standard InChI is InChI=1S/C14H11ClINO3S/c1-21(19,20)11-5-6-12(15)13(8-11)17-14(18)9-3-2-4-10(16)7-9/h2-8H,1H3,(H,17,18). The van der Waals surface area contributed by atoms with Crippen LogP contribution in [0.15, 0.2) is 47.4 Å². The molecule has 0 aliphatic heterocycles. The highest BCUT2D eigenvalue weighted by Gasteiger charge is 2.13. The predicted molar refractivity (Wildman–Crippen MR) is 91.7 cm³/mol. The van der Waals surface area contributed by atoms with E-state index in [-0.39, 0.29) is 21.5 Å². The SMILES string of the molecule is CS(=O)(=O)c1ccc(Cl)c(NC(=O)c2cccc(I)c2)c1. The second-order valence-electron chi connectivity index (χ2n) is 4.38. The Hall–Kier alpha value is -1.12. The fourth-order valence-corrected chi connectivity index (χ4v) is 3.01. The van der Waals surface area contributed by atoms with Crippen LogP contribution >= 0.6 is 34.2 Å². The molecule has 2 rings (SSSR count). The van der Waals surface area contributed by atoms with Gasteiger partial charge in [0, 0.05) is 15.4 Å². The number of hydrogen-bond acceptors (Lipinski definition) is 3. The van der Waals surface area contributed by atoms with Crippen molar-refractivity contribution in [2.75, 3.05) is 11.6 Å². The summed E-state index contributed by atoms with van der Waals surface area (Å²) in [6, 6.07) is 11.2. The number of hydrogen-bond donors (Lipinski definition) is 1. The number of halogens is 2. The second-order valence-corrected chi connectivity index (χ2v) is 8.05. The Morgan fingerprint density at radius 2 is 1.90 bits per heavy atom. The highest BCUT2D eigenvalue weighted by molar-refractivity contribution is 14.1. The molecule has 1 N–H and O–H groups in total. The summed E-state index contributed by atoms with van der Waals surface area (Å²) in [6.07, 6.45) is 1.10. The Labute approximate surface area is 141 Å². The van der Waals surface area contributed by atoms with E-state index in [4.69, 9.17) is 11.6 Å². The fourth-order valence-electron chi connectivity index (χ4n) is 1.66. The van der Waals surface area contributed by atoms with Crippen LogP contribution in [0, 0.1) is 3.57 Å². The lowest BCUT2D eigenvalue weighted by Gasteiger charge is -2.09. The van der Waals surface area contributed by atoms with Crippen LogP contribution in [-0.4, -0.2) is 20.6 Å². The van der Waals surface area contributed by atoms with Gasteiger partial charge in [0.05, 0.1) is 15.6 Å². The number of sulfone groups is 1. The molecule has 0 unspecified atom stereocenters. The first kappa shape index (κ1) is 16.3. The van der Waals surface area contributed by atoms with Gasteiger partial charge < -0.3 is 5.32 Å². The van der Waals surface area contributed by atoms with Crippen molar-refractivity contribution in [3.63, 3.8) is 0 Å². The van der Waals surface area contributed by atoms with E-state index in [0.717, 1.165) is 9.83 Å². The molecule has 0 spiro atoms. The third-order valence-electron chi connectivity index (χ3n) is 2.70. The van der Waals surface area contributed by atoms with Gasteiger partial charge in [-0.1, -0.05) is 17.7 Å². The highest BCUT2D eigenvalue weighted by Crippen LogP contribution is 2.26. The maximum Gasteiger partial charge on any atom is 0.255 e. The number of amides is 1. The summed E-state index contributed by atoms with van der Waals surface area (Å²) in [5.74, 6) is -0.346. The topological polar surface area (TPSA) is 63.2 Å². The molecule has 0 aliphatic rings. The quantitative estimate of drug-likeness (QED) is 0.749. The van der Waals surface area contributed by atoms with E-state index < -0.39 is 9.84 Å². The molecule has 0 bridgehead atoms. The van der Waals surface area contributed by atoms with Gasteiger partial charge in [-0.2, -0.15) is 0 Å². The van der Waals surface area contributed by atoms with Crippen LogP contribution < -0.4 is 5.32 Å². The monoisotopic (exact) mass is 435 g/mol. The van der Waals surface area contributed by atoms with Crippen LogP contribution in [-0.2, 0) is 9.84 Å². The third kappa shape index (κ3) is 4.18. The summed E-state index contributed by atoms with van der Waals surface area (Å²) in [4.78, 5) is 12.3. The number of nitrogens with one attached hydrogen (secondary N) is 1. The molecule has 4 nitrogen and oxygen atoms in total. The van der Waals surface area contributed by atoms with Crippen LogP contribution in [0.5, 0.6) is 0 Å². The average molecular weight is 436 g/mol. The van der Waals surface area contributed by atoms with E-state index in [1.165, 1.54) is 18.2 Å². The summed E-state index contributed by atoms with van der Waals surface area (Å²) < 4.78 is 24.0. The molecule has 110 valence electrons. The van der Waals surface area contributed by atoms with E-state index in [2.05, 4.69) is 27.9 Å². The molecule has 0 atom stereocenters. The number of rotatable bonds is 3.